The molecular formula is C25H26N2O3S. The van der Waals surface area contributed by atoms with E-state index in [0.717, 1.165) is 16.9 Å². The minimum atomic E-state index is -1.41. The summed E-state index contributed by atoms with van der Waals surface area (Å²) in [6, 6.07) is 24.8. The topological polar surface area (TPSA) is 49.9 Å². The molecule has 3 unspecified atom stereocenters. The predicted octanol–water partition coefficient (Wildman–Crippen LogP) is 5.11. The zero-order chi connectivity index (χ0) is 22.0. The number of fused-ring (bicyclic) bond motifs is 1. The summed E-state index contributed by atoms with van der Waals surface area (Å²) in [4.78, 5) is 15.2. The first kappa shape index (κ1) is 21.1. The first-order valence-electron chi connectivity index (χ1n) is 10.3. The largest absolute Gasteiger partial charge is 0.497 e. The van der Waals surface area contributed by atoms with Gasteiger partial charge in [-0.1, -0.05) is 42.5 Å². The Bertz CT molecular complexity index is 1100. The number of ether oxygens (including phenoxy) is 1. The van der Waals surface area contributed by atoms with Crippen LogP contribution in [0.2, 0.25) is 0 Å². The van der Waals surface area contributed by atoms with Crippen LogP contribution < -0.4 is 13.9 Å². The van der Waals surface area contributed by atoms with Gasteiger partial charge in [0.25, 0.3) is 0 Å². The van der Waals surface area contributed by atoms with Crippen molar-refractivity contribution in [1.82, 2.24) is 0 Å². The summed E-state index contributed by atoms with van der Waals surface area (Å²) in [6.07, 6.45) is 0.668. The fraction of sp³-hybridized carbons (Fsp3) is 0.240. The van der Waals surface area contributed by atoms with E-state index >= 15 is 0 Å². The van der Waals surface area contributed by atoms with E-state index in [0.29, 0.717) is 17.1 Å². The number of amides is 1. The number of rotatable bonds is 5. The lowest BCUT2D eigenvalue weighted by molar-refractivity contribution is -0.117. The van der Waals surface area contributed by atoms with E-state index in [-0.39, 0.29) is 18.0 Å². The molecule has 1 heterocycles. The number of methoxy groups -OCH3 is 1. The molecular weight excluding hydrogens is 408 g/mol. The van der Waals surface area contributed by atoms with Crippen LogP contribution in [0.25, 0.3) is 0 Å². The predicted molar refractivity (Wildman–Crippen MR) is 125 cm³/mol. The molecule has 160 valence electrons. The lowest BCUT2D eigenvalue weighted by Crippen LogP contribution is -2.45. The van der Waals surface area contributed by atoms with Crippen LogP contribution in [0.4, 0.5) is 11.4 Å². The monoisotopic (exact) mass is 434 g/mol. The van der Waals surface area contributed by atoms with E-state index in [4.69, 9.17) is 4.74 Å². The quantitative estimate of drug-likeness (QED) is 0.561. The van der Waals surface area contributed by atoms with Crippen LogP contribution in [0.1, 0.15) is 31.9 Å². The number of hydrogen-bond donors (Lipinski definition) is 0. The number of nitrogens with zero attached hydrogens (tertiary/aromatic N) is 2. The Morgan fingerprint density at radius 1 is 1.03 bits per heavy atom. The number of benzene rings is 3. The maximum atomic E-state index is 13.6. The van der Waals surface area contributed by atoms with Crippen LogP contribution in [0, 0.1) is 0 Å². The molecule has 0 saturated heterocycles. The lowest BCUT2D eigenvalue weighted by atomic mass is 9.91. The van der Waals surface area contributed by atoms with Gasteiger partial charge in [0, 0.05) is 18.7 Å². The maximum absolute atomic E-state index is 13.6. The summed E-state index contributed by atoms with van der Waals surface area (Å²) in [5, 5.41) is 0. The summed E-state index contributed by atoms with van der Waals surface area (Å²) in [5.74, 6) is 0.661. The standard InChI is InChI=1S/C25H26N2O3S/c1-18-16-25(26(19(2)28)20-10-5-4-6-11-20)23-14-7-8-15-24(23)27(18)31(29)22-13-9-12-21(17-22)30-3/h4-15,17-18,25H,16H2,1-3H3. The third-order valence-corrected chi connectivity index (χ3v) is 7.18. The zero-order valence-corrected chi connectivity index (χ0v) is 18.7. The first-order valence-corrected chi connectivity index (χ1v) is 11.4. The second-order valence-electron chi connectivity index (χ2n) is 7.64. The molecule has 1 aliphatic rings. The number of anilines is 2. The maximum Gasteiger partial charge on any atom is 0.224 e. The second-order valence-corrected chi connectivity index (χ2v) is 9.00. The van der Waals surface area contributed by atoms with E-state index in [2.05, 4.69) is 6.92 Å². The van der Waals surface area contributed by atoms with Crippen LogP contribution in [0.5, 0.6) is 5.75 Å². The fourth-order valence-electron chi connectivity index (χ4n) is 4.24. The minimum absolute atomic E-state index is 0.0134. The zero-order valence-electron chi connectivity index (χ0n) is 17.9. The van der Waals surface area contributed by atoms with Gasteiger partial charge in [0.2, 0.25) is 5.91 Å². The van der Waals surface area contributed by atoms with Crippen LogP contribution in [-0.2, 0) is 15.8 Å². The Hall–Kier alpha value is -3.12. The molecule has 5 nitrogen and oxygen atoms in total. The minimum Gasteiger partial charge on any atom is -0.497 e. The normalized spacial score (nSPS) is 18.7. The van der Waals surface area contributed by atoms with Crippen LogP contribution >= 0.6 is 0 Å². The molecule has 0 radical (unpaired) electrons. The molecule has 6 heteroatoms. The van der Waals surface area contributed by atoms with E-state index < -0.39 is 11.0 Å². The SMILES string of the molecule is COc1cccc(S(=O)N2c3ccccc3C(N(C(C)=O)c3ccccc3)CC2C)c1. The summed E-state index contributed by atoms with van der Waals surface area (Å²) >= 11 is 0. The van der Waals surface area contributed by atoms with Gasteiger partial charge in [-0.15, -0.1) is 0 Å². The molecule has 0 saturated carbocycles. The van der Waals surface area contributed by atoms with Crippen LogP contribution in [0.15, 0.2) is 83.8 Å². The molecule has 3 aromatic rings. The molecule has 0 aromatic heterocycles. The van der Waals surface area contributed by atoms with Gasteiger partial charge in [-0.2, -0.15) is 0 Å². The second kappa shape index (κ2) is 8.94. The molecule has 0 aliphatic carbocycles. The molecule has 0 fully saturated rings. The van der Waals surface area contributed by atoms with Crippen molar-refractivity contribution in [2.24, 2.45) is 0 Å². The summed E-state index contributed by atoms with van der Waals surface area (Å²) in [7, 11) is 0.196. The van der Waals surface area contributed by atoms with Crippen LogP contribution in [0.3, 0.4) is 0 Å². The van der Waals surface area contributed by atoms with E-state index in [9.17, 15) is 9.00 Å². The number of carbonyl (C=O) groups excluding carboxylic acids is 1. The molecule has 1 amide bonds. The van der Waals surface area contributed by atoms with Gasteiger partial charge in [0.15, 0.2) is 11.0 Å². The van der Waals surface area contributed by atoms with E-state index in [1.54, 1.807) is 14.0 Å². The average molecular weight is 435 g/mol. The Morgan fingerprint density at radius 3 is 2.45 bits per heavy atom. The van der Waals surface area contributed by atoms with Crippen molar-refractivity contribution in [3.63, 3.8) is 0 Å². The van der Waals surface area contributed by atoms with Gasteiger partial charge in [-0.05, 0) is 55.3 Å². The molecule has 0 bridgehead atoms. The van der Waals surface area contributed by atoms with Gasteiger partial charge in [0.1, 0.15) is 5.75 Å². The molecule has 0 spiro atoms. The Balaban J connectivity index is 1.77. The van der Waals surface area contributed by atoms with Crippen molar-refractivity contribution in [1.29, 1.82) is 0 Å². The molecule has 1 aliphatic heterocycles. The highest BCUT2D eigenvalue weighted by atomic mass is 32.2. The smallest absolute Gasteiger partial charge is 0.224 e. The highest BCUT2D eigenvalue weighted by Gasteiger charge is 2.37. The molecule has 4 rings (SSSR count). The third kappa shape index (κ3) is 4.08. The molecule has 31 heavy (non-hydrogen) atoms. The van der Waals surface area contributed by atoms with Gasteiger partial charge in [0.05, 0.1) is 23.7 Å². The van der Waals surface area contributed by atoms with Gasteiger partial charge in [-0.25, -0.2) is 4.21 Å². The summed E-state index contributed by atoms with van der Waals surface area (Å²) in [6.45, 7) is 3.66. The van der Waals surface area contributed by atoms with Gasteiger partial charge >= 0.3 is 0 Å². The van der Waals surface area contributed by atoms with Gasteiger partial charge < -0.3 is 9.64 Å². The van der Waals surface area contributed by atoms with Crippen molar-refractivity contribution in [3.8, 4) is 5.75 Å². The average Bonchev–Trinajstić information content (AvgIpc) is 2.79. The van der Waals surface area contributed by atoms with Crippen molar-refractivity contribution in [2.75, 3.05) is 16.3 Å². The number of carbonyl (C=O) groups is 1. The van der Waals surface area contributed by atoms with Crippen molar-refractivity contribution < 1.29 is 13.7 Å². The number of para-hydroxylation sites is 2. The number of hydrogen-bond acceptors (Lipinski definition) is 3. The Morgan fingerprint density at radius 2 is 1.74 bits per heavy atom. The fourth-order valence-corrected chi connectivity index (χ4v) is 5.64. The highest BCUT2D eigenvalue weighted by Crippen LogP contribution is 2.43. The molecule has 0 N–H and O–H groups in total. The Kier molecular flexibility index (Phi) is 6.09. The highest BCUT2D eigenvalue weighted by molar-refractivity contribution is 7.86. The van der Waals surface area contributed by atoms with E-state index in [1.165, 1.54) is 0 Å². The van der Waals surface area contributed by atoms with E-state index in [1.807, 2.05) is 88.1 Å². The summed E-state index contributed by atoms with van der Waals surface area (Å²) in [5.41, 5.74) is 2.75. The van der Waals surface area contributed by atoms with Crippen LogP contribution in [-0.4, -0.2) is 23.3 Å². The lowest BCUT2D eigenvalue weighted by Gasteiger charge is -2.43. The first-order chi connectivity index (χ1) is 15.0. The van der Waals surface area contributed by atoms with Crippen molar-refractivity contribution in [2.45, 2.75) is 37.2 Å². The van der Waals surface area contributed by atoms with Crippen molar-refractivity contribution in [3.05, 3.63) is 84.4 Å². The molecule has 3 atom stereocenters. The Labute approximate surface area is 185 Å². The van der Waals surface area contributed by atoms with Gasteiger partial charge in [-0.3, -0.25) is 9.10 Å². The third-order valence-electron chi connectivity index (χ3n) is 5.60. The molecule has 3 aromatic carbocycles. The summed E-state index contributed by atoms with van der Waals surface area (Å²) < 4.78 is 20.9. The van der Waals surface area contributed by atoms with Crippen molar-refractivity contribution >= 4 is 28.3 Å².